The summed E-state index contributed by atoms with van der Waals surface area (Å²) in [5.41, 5.74) is 0.543. The molecule has 0 N–H and O–H groups in total. The lowest BCUT2D eigenvalue weighted by molar-refractivity contribution is -0.483. The van der Waals surface area contributed by atoms with E-state index in [1.807, 2.05) is 0 Å². The molecule has 102 valence electrons. The van der Waals surface area contributed by atoms with Crippen LogP contribution in [0, 0.1) is 10.1 Å². The van der Waals surface area contributed by atoms with E-state index in [1.54, 1.807) is 24.3 Å². The fourth-order valence-electron chi connectivity index (χ4n) is 1.65. The van der Waals surface area contributed by atoms with Crippen LogP contribution in [0.1, 0.15) is 17.9 Å². The molecule has 0 aliphatic heterocycles. The van der Waals surface area contributed by atoms with E-state index in [0.717, 1.165) is 7.11 Å². The first-order valence-corrected chi connectivity index (χ1v) is 5.80. The number of carbonyl (C=O) groups is 2. The molecule has 0 aliphatic carbocycles. The largest absolute Gasteiger partial charge is 0.463 e. The highest BCUT2D eigenvalue weighted by atomic mass is 35.5. The maximum atomic E-state index is 11.5. The maximum Gasteiger partial charge on any atom is 0.374 e. The first-order valence-electron chi connectivity index (χ1n) is 5.42. The number of ether oxygens (including phenoxy) is 1. The summed E-state index contributed by atoms with van der Waals surface area (Å²) in [6.45, 7) is -0.455. The highest BCUT2D eigenvalue weighted by Crippen LogP contribution is 2.23. The summed E-state index contributed by atoms with van der Waals surface area (Å²) in [6.07, 6.45) is -0.284. The van der Waals surface area contributed by atoms with Crippen LogP contribution >= 0.6 is 11.6 Å². The van der Waals surface area contributed by atoms with Crippen molar-refractivity contribution in [2.24, 2.45) is 0 Å². The molecule has 1 rings (SSSR count). The minimum Gasteiger partial charge on any atom is -0.463 e. The number of ketones is 1. The molecular formula is C12H12ClNO5. The zero-order valence-electron chi connectivity index (χ0n) is 10.2. The van der Waals surface area contributed by atoms with Gasteiger partial charge in [0.2, 0.25) is 12.3 Å². The second kappa shape index (κ2) is 6.84. The molecule has 1 atom stereocenters. The van der Waals surface area contributed by atoms with Gasteiger partial charge in [-0.3, -0.25) is 14.9 Å². The van der Waals surface area contributed by atoms with Crippen LogP contribution in [-0.2, 0) is 14.3 Å². The molecular weight excluding hydrogens is 274 g/mol. The van der Waals surface area contributed by atoms with Crippen molar-refractivity contribution in [3.63, 3.8) is 0 Å². The van der Waals surface area contributed by atoms with Gasteiger partial charge < -0.3 is 4.74 Å². The second-order valence-electron chi connectivity index (χ2n) is 3.89. The van der Waals surface area contributed by atoms with Crippen molar-refractivity contribution in [1.29, 1.82) is 0 Å². The first kappa shape index (κ1) is 15.1. The first-order chi connectivity index (χ1) is 8.93. The van der Waals surface area contributed by atoms with Crippen LogP contribution in [0.5, 0.6) is 0 Å². The Morgan fingerprint density at radius 3 is 2.68 bits per heavy atom. The van der Waals surface area contributed by atoms with Crippen LogP contribution in [0.15, 0.2) is 24.3 Å². The molecule has 0 bridgehead atoms. The Balaban J connectivity index is 2.92. The van der Waals surface area contributed by atoms with E-state index in [0.29, 0.717) is 10.6 Å². The fourth-order valence-corrected chi connectivity index (χ4v) is 1.85. The molecule has 0 heterocycles. The molecule has 6 nitrogen and oxygen atoms in total. The maximum absolute atomic E-state index is 11.5. The minimum absolute atomic E-state index is 0.284. The van der Waals surface area contributed by atoms with Crippen LogP contribution < -0.4 is 0 Å². The van der Waals surface area contributed by atoms with Gasteiger partial charge in [-0.2, -0.15) is 0 Å². The average molecular weight is 286 g/mol. The van der Waals surface area contributed by atoms with Crippen LogP contribution in [0.25, 0.3) is 0 Å². The predicted octanol–water partition coefficient (Wildman–Crippen LogP) is 1.83. The molecule has 0 fully saturated rings. The number of methoxy groups -OCH3 is 1. The van der Waals surface area contributed by atoms with Crippen molar-refractivity contribution in [1.82, 2.24) is 0 Å². The summed E-state index contributed by atoms with van der Waals surface area (Å²) in [5, 5.41) is 11.0. The Hall–Kier alpha value is -1.95. The summed E-state index contributed by atoms with van der Waals surface area (Å²) < 4.78 is 4.29. The molecule has 0 aromatic heterocycles. The van der Waals surface area contributed by atoms with Gasteiger partial charge >= 0.3 is 5.97 Å². The van der Waals surface area contributed by atoms with E-state index in [9.17, 15) is 19.7 Å². The third-order valence-corrected chi connectivity index (χ3v) is 2.77. The molecule has 0 saturated heterocycles. The number of nitro groups is 1. The number of Topliss-reactive ketones (excluding diaryl/α,β-unsaturated/α-hetero) is 1. The lowest BCUT2D eigenvalue weighted by Gasteiger charge is -2.12. The van der Waals surface area contributed by atoms with Gasteiger partial charge in [0, 0.05) is 16.4 Å². The molecule has 1 aromatic carbocycles. The molecule has 0 radical (unpaired) electrons. The molecule has 0 amide bonds. The SMILES string of the molecule is COC(=O)C(=O)C[C@@H](C[N+](=O)[O-])c1cccc(Cl)c1. The Morgan fingerprint density at radius 1 is 1.47 bits per heavy atom. The van der Waals surface area contributed by atoms with Gasteiger partial charge in [-0.05, 0) is 17.7 Å². The monoisotopic (exact) mass is 285 g/mol. The van der Waals surface area contributed by atoms with Gasteiger partial charge in [0.25, 0.3) is 0 Å². The molecule has 19 heavy (non-hydrogen) atoms. The summed E-state index contributed by atoms with van der Waals surface area (Å²) in [7, 11) is 1.09. The normalized spacial score (nSPS) is 11.7. The Kier molecular flexibility index (Phi) is 5.44. The van der Waals surface area contributed by atoms with Crippen LogP contribution in [0.3, 0.4) is 0 Å². The summed E-state index contributed by atoms with van der Waals surface area (Å²) in [5.74, 6) is -2.51. The van der Waals surface area contributed by atoms with Crippen molar-refractivity contribution in [3.05, 3.63) is 45.0 Å². The highest BCUT2D eigenvalue weighted by molar-refractivity contribution is 6.33. The Labute approximate surface area is 114 Å². The van der Waals surface area contributed by atoms with Crippen molar-refractivity contribution in [2.45, 2.75) is 12.3 Å². The molecule has 0 spiro atoms. The third kappa shape index (κ3) is 4.67. The fraction of sp³-hybridized carbons (Fsp3) is 0.333. The summed E-state index contributed by atoms with van der Waals surface area (Å²) in [6, 6.07) is 6.43. The number of rotatable bonds is 6. The van der Waals surface area contributed by atoms with Crippen LogP contribution in [0.2, 0.25) is 5.02 Å². The summed E-state index contributed by atoms with van der Waals surface area (Å²) in [4.78, 5) is 32.7. The van der Waals surface area contributed by atoms with Gasteiger partial charge in [0.1, 0.15) is 0 Å². The molecule has 0 saturated carbocycles. The van der Waals surface area contributed by atoms with Crippen LogP contribution in [0.4, 0.5) is 0 Å². The van der Waals surface area contributed by atoms with Crippen molar-refractivity contribution in [2.75, 3.05) is 13.7 Å². The number of hydrogen-bond acceptors (Lipinski definition) is 5. The lowest BCUT2D eigenvalue weighted by atomic mass is 9.94. The highest BCUT2D eigenvalue weighted by Gasteiger charge is 2.25. The van der Waals surface area contributed by atoms with Gasteiger partial charge in [-0.1, -0.05) is 23.7 Å². The smallest absolute Gasteiger partial charge is 0.374 e. The zero-order chi connectivity index (χ0) is 14.4. The number of benzene rings is 1. The van der Waals surface area contributed by atoms with E-state index >= 15 is 0 Å². The Bertz CT molecular complexity index is 503. The molecule has 1 aromatic rings. The molecule has 0 aliphatic rings. The number of carbonyl (C=O) groups excluding carboxylic acids is 2. The minimum atomic E-state index is -1.00. The summed E-state index contributed by atoms with van der Waals surface area (Å²) >= 11 is 5.81. The van der Waals surface area contributed by atoms with E-state index in [2.05, 4.69) is 4.74 Å². The van der Waals surface area contributed by atoms with E-state index in [-0.39, 0.29) is 6.42 Å². The van der Waals surface area contributed by atoms with Crippen molar-refractivity contribution >= 4 is 23.4 Å². The predicted molar refractivity (Wildman–Crippen MR) is 67.7 cm³/mol. The van der Waals surface area contributed by atoms with Gasteiger partial charge in [0.15, 0.2) is 0 Å². The number of hydrogen-bond donors (Lipinski definition) is 0. The van der Waals surface area contributed by atoms with Crippen molar-refractivity contribution in [3.8, 4) is 0 Å². The number of nitrogens with zero attached hydrogens (tertiary/aromatic N) is 1. The van der Waals surface area contributed by atoms with Crippen LogP contribution in [-0.4, -0.2) is 30.3 Å². The second-order valence-corrected chi connectivity index (χ2v) is 4.32. The van der Waals surface area contributed by atoms with E-state index < -0.39 is 29.1 Å². The average Bonchev–Trinajstić information content (AvgIpc) is 2.36. The quantitative estimate of drug-likeness (QED) is 0.344. The van der Waals surface area contributed by atoms with Gasteiger partial charge in [-0.25, -0.2) is 4.79 Å². The topological polar surface area (TPSA) is 86.5 Å². The number of halogens is 1. The van der Waals surface area contributed by atoms with E-state index in [4.69, 9.17) is 11.6 Å². The van der Waals surface area contributed by atoms with Gasteiger partial charge in [-0.15, -0.1) is 0 Å². The molecule has 7 heteroatoms. The van der Waals surface area contributed by atoms with E-state index in [1.165, 1.54) is 0 Å². The van der Waals surface area contributed by atoms with Gasteiger partial charge in [0.05, 0.1) is 13.0 Å². The zero-order valence-corrected chi connectivity index (χ0v) is 10.9. The molecule has 0 unspecified atom stereocenters. The number of esters is 1. The third-order valence-electron chi connectivity index (χ3n) is 2.53. The Morgan fingerprint density at radius 2 is 2.16 bits per heavy atom. The lowest BCUT2D eigenvalue weighted by Crippen LogP contribution is -2.22. The van der Waals surface area contributed by atoms with Crippen molar-refractivity contribution < 1.29 is 19.2 Å². The standard InChI is InChI=1S/C12H12ClNO5/c1-19-12(16)11(15)6-9(7-14(17)18)8-3-2-4-10(13)5-8/h2-5,9H,6-7H2,1H3/t9-/m0/s1.